The van der Waals surface area contributed by atoms with Crippen LogP contribution in [0.15, 0.2) is 60.9 Å². The molecule has 0 aliphatic carbocycles. The molecule has 1 aliphatic rings. The van der Waals surface area contributed by atoms with Gasteiger partial charge in [0.2, 0.25) is 5.91 Å². The second kappa shape index (κ2) is 9.86. The predicted molar refractivity (Wildman–Crippen MR) is 121 cm³/mol. The first-order valence-corrected chi connectivity index (χ1v) is 10.9. The topological polar surface area (TPSA) is 70.5 Å². The van der Waals surface area contributed by atoms with E-state index in [2.05, 4.69) is 10.4 Å². The van der Waals surface area contributed by atoms with Crippen LogP contribution in [0.2, 0.25) is 5.02 Å². The third kappa shape index (κ3) is 5.57. The molecule has 11 heteroatoms. The Labute approximate surface area is 198 Å². The summed E-state index contributed by atoms with van der Waals surface area (Å²) in [4.78, 5) is 28.7. The maximum atomic E-state index is 13.0. The van der Waals surface area contributed by atoms with Crippen molar-refractivity contribution in [2.45, 2.75) is 6.18 Å². The Morgan fingerprint density at radius 3 is 2.35 bits per heavy atom. The van der Waals surface area contributed by atoms with Crippen molar-refractivity contribution in [3.05, 3.63) is 77.1 Å². The molecule has 1 aliphatic heterocycles. The molecule has 4 rings (SSSR count). The highest BCUT2D eigenvalue weighted by Gasteiger charge is 2.33. The molecule has 1 saturated heterocycles. The number of rotatable bonds is 5. The lowest BCUT2D eigenvalue weighted by molar-refractivity contribution is -0.137. The number of piperazine rings is 1. The van der Waals surface area contributed by atoms with Gasteiger partial charge in [-0.15, -0.1) is 0 Å². The molecule has 0 unspecified atom stereocenters. The van der Waals surface area contributed by atoms with E-state index >= 15 is 0 Å². The molecule has 0 radical (unpaired) electrons. The lowest BCUT2D eigenvalue weighted by atomic mass is 10.1. The van der Waals surface area contributed by atoms with Crippen LogP contribution in [0.5, 0.6) is 0 Å². The van der Waals surface area contributed by atoms with E-state index in [9.17, 15) is 22.8 Å². The van der Waals surface area contributed by atoms with Gasteiger partial charge in [0, 0.05) is 49.8 Å². The fraction of sp³-hybridized carbons (Fsp3) is 0.261. The van der Waals surface area contributed by atoms with Gasteiger partial charge in [0.05, 0.1) is 22.8 Å². The monoisotopic (exact) mass is 491 g/mol. The highest BCUT2D eigenvalue weighted by molar-refractivity contribution is 6.31. The summed E-state index contributed by atoms with van der Waals surface area (Å²) >= 11 is 5.61. The van der Waals surface area contributed by atoms with Gasteiger partial charge >= 0.3 is 6.18 Å². The summed E-state index contributed by atoms with van der Waals surface area (Å²) < 4.78 is 40.7. The van der Waals surface area contributed by atoms with Gasteiger partial charge in [-0.2, -0.15) is 18.3 Å². The minimum atomic E-state index is -4.61. The second-order valence-electron chi connectivity index (χ2n) is 7.81. The van der Waals surface area contributed by atoms with Crippen LogP contribution in [-0.4, -0.2) is 64.1 Å². The van der Waals surface area contributed by atoms with Crippen LogP contribution >= 0.6 is 11.6 Å². The molecule has 1 N–H and O–H groups in total. The third-order valence-electron chi connectivity index (χ3n) is 5.47. The Hall–Kier alpha value is -3.37. The fourth-order valence-corrected chi connectivity index (χ4v) is 3.92. The van der Waals surface area contributed by atoms with Crippen LogP contribution in [-0.2, 0) is 11.0 Å². The lowest BCUT2D eigenvalue weighted by Gasteiger charge is -2.34. The van der Waals surface area contributed by atoms with Crippen molar-refractivity contribution in [3.63, 3.8) is 0 Å². The number of hydrogen-bond acceptors (Lipinski definition) is 4. The SMILES string of the molecule is O=C(CN1CCN(C(=O)c2ccc(-n3cccn3)cc2)CC1)Nc1ccc(Cl)c(C(F)(F)F)c1. The van der Waals surface area contributed by atoms with Crippen molar-refractivity contribution in [1.29, 1.82) is 0 Å². The lowest BCUT2D eigenvalue weighted by Crippen LogP contribution is -2.50. The van der Waals surface area contributed by atoms with Crippen molar-refractivity contribution >= 4 is 29.1 Å². The molecule has 1 fully saturated rings. The fourth-order valence-electron chi connectivity index (χ4n) is 3.69. The molecule has 0 atom stereocenters. The van der Waals surface area contributed by atoms with Crippen molar-refractivity contribution < 1.29 is 22.8 Å². The number of carbonyl (C=O) groups excluding carboxylic acids is 2. The van der Waals surface area contributed by atoms with Gasteiger partial charge in [0.15, 0.2) is 0 Å². The molecular formula is C23H21ClF3N5O2. The zero-order chi connectivity index (χ0) is 24.3. The summed E-state index contributed by atoms with van der Waals surface area (Å²) in [6.45, 7) is 1.82. The number of carbonyl (C=O) groups is 2. The number of hydrogen-bond donors (Lipinski definition) is 1. The van der Waals surface area contributed by atoms with E-state index in [1.165, 1.54) is 6.07 Å². The summed E-state index contributed by atoms with van der Waals surface area (Å²) in [5, 5.41) is 6.21. The van der Waals surface area contributed by atoms with Crippen LogP contribution in [0.1, 0.15) is 15.9 Å². The molecule has 2 amide bonds. The normalized spacial score (nSPS) is 14.8. The number of nitrogens with zero attached hydrogens (tertiary/aromatic N) is 4. The maximum absolute atomic E-state index is 13.0. The summed E-state index contributed by atoms with van der Waals surface area (Å²) in [7, 11) is 0. The number of anilines is 1. The van der Waals surface area contributed by atoms with Crippen LogP contribution in [0.25, 0.3) is 5.69 Å². The Bertz CT molecular complexity index is 1160. The number of nitrogens with one attached hydrogen (secondary N) is 1. The molecule has 1 aromatic heterocycles. The van der Waals surface area contributed by atoms with Crippen molar-refractivity contribution in [3.8, 4) is 5.69 Å². The smallest absolute Gasteiger partial charge is 0.336 e. The quantitative estimate of drug-likeness (QED) is 0.587. The van der Waals surface area contributed by atoms with Crippen LogP contribution in [0.4, 0.5) is 18.9 Å². The van der Waals surface area contributed by atoms with Gasteiger partial charge in [-0.1, -0.05) is 11.6 Å². The van der Waals surface area contributed by atoms with Crippen LogP contribution < -0.4 is 5.32 Å². The van der Waals surface area contributed by atoms with Crippen LogP contribution in [0, 0.1) is 0 Å². The molecule has 34 heavy (non-hydrogen) atoms. The van der Waals surface area contributed by atoms with E-state index in [1.807, 2.05) is 29.3 Å². The molecular weight excluding hydrogens is 471 g/mol. The minimum Gasteiger partial charge on any atom is -0.336 e. The van der Waals surface area contributed by atoms with Gasteiger partial charge in [-0.3, -0.25) is 14.5 Å². The van der Waals surface area contributed by atoms with E-state index < -0.39 is 22.7 Å². The molecule has 0 saturated carbocycles. The zero-order valence-corrected chi connectivity index (χ0v) is 18.7. The van der Waals surface area contributed by atoms with Gasteiger partial charge in [-0.25, -0.2) is 4.68 Å². The van der Waals surface area contributed by atoms with E-state index in [-0.39, 0.29) is 18.1 Å². The molecule has 0 spiro atoms. The standard InChI is InChI=1S/C23H21ClF3N5O2/c24-20-7-4-17(14-19(20)23(25,26)27)29-21(33)15-30-10-12-31(13-11-30)22(34)16-2-5-18(6-3-16)32-9-1-8-28-32/h1-9,14H,10-13,15H2,(H,29,33). The highest BCUT2D eigenvalue weighted by Crippen LogP contribution is 2.36. The first-order valence-electron chi connectivity index (χ1n) is 10.5. The molecule has 2 aromatic carbocycles. The zero-order valence-electron chi connectivity index (χ0n) is 17.9. The second-order valence-corrected chi connectivity index (χ2v) is 8.21. The minimum absolute atomic E-state index is 0.00454. The molecule has 7 nitrogen and oxygen atoms in total. The van der Waals surface area contributed by atoms with E-state index in [0.29, 0.717) is 31.7 Å². The highest BCUT2D eigenvalue weighted by atomic mass is 35.5. The Kier molecular flexibility index (Phi) is 6.90. The van der Waals surface area contributed by atoms with Crippen molar-refractivity contribution in [1.82, 2.24) is 19.6 Å². The Balaban J connectivity index is 1.28. The summed E-state index contributed by atoms with van der Waals surface area (Å²) in [6, 6.07) is 12.2. The third-order valence-corrected chi connectivity index (χ3v) is 5.80. The molecule has 0 bridgehead atoms. The first kappa shape index (κ1) is 23.8. The Morgan fingerprint density at radius 1 is 1.03 bits per heavy atom. The number of amides is 2. The maximum Gasteiger partial charge on any atom is 0.417 e. The summed E-state index contributed by atoms with van der Waals surface area (Å²) in [5.74, 6) is -0.540. The van der Waals surface area contributed by atoms with E-state index in [4.69, 9.17) is 11.6 Å². The van der Waals surface area contributed by atoms with Gasteiger partial charge in [0.25, 0.3) is 5.91 Å². The number of benzene rings is 2. The summed E-state index contributed by atoms with van der Waals surface area (Å²) in [5.41, 5.74) is 0.427. The summed E-state index contributed by atoms with van der Waals surface area (Å²) in [6.07, 6.45) is -1.12. The average Bonchev–Trinajstić information content (AvgIpc) is 3.35. The number of alkyl halides is 3. The van der Waals surface area contributed by atoms with Crippen molar-refractivity contribution in [2.24, 2.45) is 0 Å². The van der Waals surface area contributed by atoms with E-state index in [0.717, 1.165) is 17.8 Å². The van der Waals surface area contributed by atoms with Crippen LogP contribution in [0.3, 0.4) is 0 Å². The first-order chi connectivity index (χ1) is 16.2. The number of halogens is 4. The average molecular weight is 492 g/mol. The molecule has 3 aromatic rings. The van der Waals surface area contributed by atoms with Gasteiger partial charge in [-0.05, 0) is 48.5 Å². The van der Waals surface area contributed by atoms with Gasteiger partial charge in [0.1, 0.15) is 0 Å². The van der Waals surface area contributed by atoms with Gasteiger partial charge < -0.3 is 10.2 Å². The molecule has 2 heterocycles. The van der Waals surface area contributed by atoms with Crippen molar-refractivity contribution in [2.75, 3.05) is 38.0 Å². The largest absolute Gasteiger partial charge is 0.417 e. The number of aromatic nitrogens is 2. The molecule has 178 valence electrons. The van der Waals surface area contributed by atoms with E-state index in [1.54, 1.807) is 27.9 Å². The predicted octanol–water partition coefficient (Wildman–Crippen LogP) is 3.94. The Morgan fingerprint density at radius 2 is 1.74 bits per heavy atom.